The van der Waals surface area contributed by atoms with Gasteiger partial charge in [0.2, 0.25) is 0 Å². The van der Waals surface area contributed by atoms with Crippen molar-refractivity contribution in [2.45, 2.75) is 50.2 Å². The van der Waals surface area contributed by atoms with E-state index in [2.05, 4.69) is 0 Å². The van der Waals surface area contributed by atoms with Gasteiger partial charge in [0.15, 0.2) is 0 Å². The van der Waals surface area contributed by atoms with E-state index in [4.69, 9.17) is 19.9 Å². The number of nitrogens with two attached hydrogens (primary N) is 1. The second-order valence-electron chi connectivity index (χ2n) is 6.42. The van der Waals surface area contributed by atoms with Crippen molar-refractivity contribution in [1.82, 2.24) is 0 Å². The molecule has 2 atom stereocenters. The van der Waals surface area contributed by atoms with Crippen molar-refractivity contribution in [3.63, 3.8) is 0 Å². The van der Waals surface area contributed by atoms with Crippen LogP contribution in [0.1, 0.15) is 38.5 Å². The second kappa shape index (κ2) is 6.08. The zero-order valence-corrected chi connectivity index (χ0v) is 11.8. The highest BCUT2D eigenvalue weighted by molar-refractivity contribution is 4.93. The topological polar surface area (TPSA) is 53.7 Å². The first-order valence-electron chi connectivity index (χ1n) is 7.84. The van der Waals surface area contributed by atoms with Crippen LogP contribution in [0, 0.1) is 11.8 Å². The third kappa shape index (κ3) is 3.13. The summed E-state index contributed by atoms with van der Waals surface area (Å²) in [6.07, 6.45) is 6.62. The molecule has 0 aromatic rings. The Morgan fingerprint density at radius 3 is 2.21 bits per heavy atom. The van der Waals surface area contributed by atoms with Crippen molar-refractivity contribution in [2.75, 3.05) is 33.0 Å². The molecule has 4 heteroatoms. The van der Waals surface area contributed by atoms with Gasteiger partial charge in [-0.3, -0.25) is 0 Å². The fraction of sp³-hybridized carbons (Fsp3) is 1.00. The summed E-state index contributed by atoms with van der Waals surface area (Å²) < 4.78 is 17.0. The summed E-state index contributed by atoms with van der Waals surface area (Å²) in [6.45, 7) is 4.35. The van der Waals surface area contributed by atoms with E-state index in [0.29, 0.717) is 17.9 Å². The van der Waals surface area contributed by atoms with Gasteiger partial charge in [-0.25, -0.2) is 0 Å². The summed E-state index contributed by atoms with van der Waals surface area (Å²) in [5.74, 6) is 1.27. The van der Waals surface area contributed by atoms with Crippen molar-refractivity contribution >= 4 is 0 Å². The number of ether oxygens (including phenoxy) is 3. The van der Waals surface area contributed by atoms with Crippen molar-refractivity contribution in [2.24, 2.45) is 17.6 Å². The van der Waals surface area contributed by atoms with Crippen LogP contribution in [0.3, 0.4) is 0 Å². The molecule has 3 aliphatic heterocycles. The molecule has 0 aliphatic carbocycles. The van der Waals surface area contributed by atoms with E-state index < -0.39 is 0 Å². The maximum absolute atomic E-state index is 6.57. The molecule has 19 heavy (non-hydrogen) atoms. The van der Waals surface area contributed by atoms with E-state index in [9.17, 15) is 0 Å². The Labute approximate surface area is 116 Å². The predicted molar refractivity (Wildman–Crippen MR) is 73.0 cm³/mol. The predicted octanol–water partition coefficient (Wildman–Crippen LogP) is 1.72. The fourth-order valence-electron chi connectivity index (χ4n) is 3.97. The van der Waals surface area contributed by atoms with Crippen LogP contribution in [-0.2, 0) is 14.2 Å². The van der Waals surface area contributed by atoms with Crippen LogP contribution in [0.4, 0.5) is 0 Å². The van der Waals surface area contributed by atoms with Gasteiger partial charge >= 0.3 is 0 Å². The average Bonchev–Trinajstić information content (AvgIpc) is 2.48. The smallest absolute Gasteiger partial charge is 0.0729 e. The molecule has 0 radical (unpaired) electrons. The molecule has 3 aliphatic rings. The first kappa shape index (κ1) is 13.8. The Bertz CT molecular complexity index is 280. The van der Waals surface area contributed by atoms with Crippen molar-refractivity contribution in [3.05, 3.63) is 0 Å². The third-order valence-corrected chi connectivity index (χ3v) is 5.29. The lowest BCUT2D eigenvalue weighted by molar-refractivity contribution is -0.151. The molecule has 0 amide bonds. The average molecular weight is 269 g/mol. The fourth-order valence-corrected chi connectivity index (χ4v) is 3.97. The summed E-state index contributed by atoms with van der Waals surface area (Å²) in [7, 11) is 0. The number of hydrogen-bond donors (Lipinski definition) is 1. The lowest BCUT2D eigenvalue weighted by Crippen LogP contribution is -2.50. The Hall–Kier alpha value is -0.160. The van der Waals surface area contributed by atoms with Gasteiger partial charge in [0.1, 0.15) is 0 Å². The summed E-state index contributed by atoms with van der Waals surface area (Å²) in [6, 6.07) is 0.326. The van der Waals surface area contributed by atoms with E-state index in [-0.39, 0.29) is 5.60 Å². The van der Waals surface area contributed by atoms with E-state index in [0.717, 1.165) is 71.6 Å². The van der Waals surface area contributed by atoms with E-state index in [1.54, 1.807) is 0 Å². The minimum atomic E-state index is 0.0734. The Kier molecular flexibility index (Phi) is 4.42. The zero-order chi connectivity index (χ0) is 13.1. The molecule has 1 spiro atoms. The van der Waals surface area contributed by atoms with E-state index in [1.807, 2.05) is 0 Å². The molecular weight excluding hydrogens is 242 g/mol. The van der Waals surface area contributed by atoms with Crippen LogP contribution in [0.25, 0.3) is 0 Å². The minimum Gasteiger partial charge on any atom is -0.381 e. The minimum absolute atomic E-state index is 0.0734. The number of hydrogen-bond acceptors (Lipinski definition) is 4. The summed E-state index contributed by atoms with van der Waals surface area (Å²) in [5, 5.41) is 0. The van der Waals surface area contributed by atoms with Gasteiger partial charge < -0.3 is 19.9 Å². The van der Waals surface area contributed by atoms with Gasteiger partial charge in [-0.2, -0.15) is 0 Å². The zero-order valence-electron chi connectivity index (χ0n) is 11.8. The van der Waals surface area contributed by atoms with E-state index in [1.165, 1.54) is 0 Å². The van der Waals surface area contributed by atoms with Crippen LogP contribution in [0.2, 0.25) is 0 Å². The normalized spacial score (nSPS) is 34.3. The van der Waals surface area contributed by atoms with Crippen LogP contribution in [-0.4, -0.2) is 44.7 Å². The quantitative estimate of drug-likeness (QED) is 0.829. The molecule has 3 heterocycles. The van der Waals surface area contributed by atoms with Crippen molar-refractivity contribution in [1.29, 1.82) is 0 Å². The lowest BCUT2D eigenvalue weighted by Gasteiger charge is -2.46. The van der Waals surface area contributed by atoms with Crippen molar-refractivity contribution < 1.29 is 14.2 Å². The van der Waals surface area contributed by atoms with Crippen LogP contribution < -0.4 is 5.73 Å². The molecule has 0 saturated carbocycles. The van der Waals surface area contributed by atoms with Gasteiger partial charge in [0.25, 0.3) is 0 Å². The highest BCUT2D eigenvalue weighted by atomic mass is 16.5. The highest BCUT2D eigenvalue weighted by Crippen LogP contribution is 2.39. The molecule has 4 nitrogen and oxygen atoms in total. The standard InChI is InChI=1S/C15H27NO3/c16-14(12-1-6-17-7-2-12)13-3-8-19-15(11-13)4-9-18-10-5-15/h12-14H,1-11,16H2. The summed E-state index contributed by atoms with van der Waals surface area (Å²) in [4.78, 5) is 0. The Morgan fingerprint density at radius 1 is 0.842 bits per heavy atom. The third-order valence-electron chi connectivity index (χ3n) is 5.29. The molecule has 0 bridgehead atoms. The first-order valence-corrected chi connectivity index (χ1v) is 7.84. The van der Waals surface area contributed by atoms with Gasteiger partial charge in [0, 0.05) is 39.1 Å². The second-order valence-corrected chi connectivity index (χ2v) is 6.42. The summed E-state index contributed by atoms with van der Waals surface area (Å²) >= 11 is 0. The largest absolute Gasteiger partial charge is 0.381 e. The lowest BCUT2D eigenvalue weighted by atomic mass is 9.73. The molecule has 0 aromatic carbocycles. The molecule has 2 N–H and O–H groups in total. The van der Waals surface area contributed by atoms with Gasteiger partial charge in [-0.15, -0.1) is 0 Å². The molecule has 3 rings (SSSR count). The van der Waals surface area contributed by atoms with Crippen LogP contribution in [0.15, 0.2) is 0 Å². The maximum Gasteiger partial charge on any atom is 0.0729 e. The molecule has 3 saturated heterocycles. The molecule has 0 aromatic heterocycles. The van der Waals surface area contributed by atoms with Crippen molar-refractivity contribution in [3.8, 4) is 0 Å². The first-order chi connectivity index (χ1) is 9.29. The maximum atomic E-state index is 6.57. The van der Waals surface area contributed by atoms with Crippen LogP contribution >= 0.6 is 0 Å². The molecular formula is C15H27NO3. The highest BCUT2D eigenvalue weighted by Gasteiger charge is 2.42. The Balaban J connectivity index is 1.60. The van der Waals surface area contributed by atoms with Gasteiger partial charge in [-0.1, -0.05) is 0 Å². The monoisotopic (exact) mass is 269 g/mol. The van der Waals surface area contributed by atoms with Gasteiger partial charge in [0.05, 0.1) is 5.60 Å². The SMILES string of the molecule is NC(C1CCOCC1)C1CCOC2(CCOCC2)C1. The van der Waals surface area contributed by atoms with Gasteiger partial charge in [-0.05, 0) is 50.4 Å². The number of rotatable bonds is 2. The Morgan fingerprint density at radius 2 is 1.47 bits per heavy atom. The summed E-state index contributed by atoms with van der Waals surface area (Å²) in [5.41, 5.74) is 6.64. The molecule has 110 valence electrons. The molecule has 2 unspecified atom stereocenters. The van der Waals surface area contributed by atoms with E-state index >= 15 is 0 Å². The molecule has 3 fully saturated rings. The van der Waals surface area contributed by atoms with Crippen LogP contribution in [0.5, 0.6) is 0 Å².